The molecular weight excluding hydrogens is 645 g/mol. The van der Waals surface area contributed by atoms with Gasteiger partial charge in [0.1, 0.15) is 5.58 Å². The molecule has 11 rings (SSSR count). The molecule has 248 valence electrons. The molecule has 9 aromatic carbocycles. The first kappa shape index (κ1) is 29.6. The van der Waals surface area contributed by atoms with E-state index < -0.39 is 0 Å². The number of hydrogen-bond donors (Lipinski definition) is 0. The van der Waals surface area contributed by atoms with Crippen molar-refractivity contribution in [1.82, 2.24) is 4.57 Å². The fourth-order valence-corrected chi connectivity index (χ4v) is 8.37. The summed E-state index contributed by atoms with van der Waals surface area (Å²) >= 11 is 0. The second kappa shape index (κ2) is 11.7. The summed E-state index contributed by atoms with van der Waals surface area (Å²) in [5.41, 5.74) is 10.8. The smallest absolute Gasteiger partial charge is 0.159 e. The Hall–Kier alpha value is -7.10. The van der Waals surface area contributed by atoms with E-state index in [9.17, 15) is 0 Å². The van der Waals surface area contributed by atoms with Gasteiger partial charge in [0, 0.05) is 38.6 Å². The molecule has 0 bridgehead atoms. The quantitative estimate of drug-likeness (QED) is 0.181. The average Bonchev–Trinajstić information content (AvgIpc) is 3.78. The Labute approximate surface area is 306 Å². The van der Waals surface area contributed by atoms with Crippen molar-refractivity contribution in [3.8, 4) is 16.8 Å². The zero-order valence-corrected chi connectivity index (χ0v) is 28.8. The predicted molar refractivity (Wildman–Crippen MR) is 223 cm³/mol. The van der Waals surface area contributed by atoms with Gasteiger partial charge in [0.2, 0.25) is 0 Å². The van der Waals surface area contributed by atoms with Crippen molar-refractivity contribution >= 4 is 82.4 Å². The van der Waals surface area contributed by atoms with E-state index in [1.165, 1.54) is 54.5 Å². The molecule has 0 aliphatic heterocycles. The number of para-hydroxylation sites is 3. The lowest BCUT2D eigenvalue weighted by atomic mass is 9.98. The van der Waals surface area contributed by atoms with Crippen molar-refractivity contribution < 1.29 is 4.42 Å². The largest absolute Gasteiger partial charge is 0.454 e. The third kappa shape index (κ3) is 4.61. The van der Waals surface area contributed by atoms with Gasteiger partial charge >= 0.3 is 0 Å². The normalized spacial score (nSPS) is 11.8. The molecule has 2 aromatic heterocycles. The van der Waals surface area contributed by atoms with E-state index >= 15 is 0 Å². The highest BCUT2D eigenvalue weighted by Gasteiger charge is 2.21. The number of fused-ring (bicyclic) bond motifs is 9. The summed E-state index contributed by atoms with van der Waals surface area (Å²) in [6, 6.07) is 69.6. The van der Waals surface area contributed by atoms with E-state index in [0.717, 1.165) is 44.7 Å². The Morgan fingerprint density at radius 1 is 0.396 bits per heavy atom. The molecule has 0 N–H and O–H groups in total. The van der Waals surface area contributed by atoms with E-state index in [4.69, 9.17) is 4.42 Å². The summed E-state index contributed by atoms with van der Waals surface area (Å²) in [5, 5.41) is 9.77. The second-order valence-electron chi connectivity index (χ2n) is 13.7. The molecule has 0 aliphatic carbocycles. The van der Waals surface area contributed by atoms with Gasteiger partial charge in [-0.15, -0.1) is 0 Å². The molecule has 0 unspecified atom stereocenters. The first-order valence-electron chi connectivity index (χ1n) is 18.1. The van der Waals surface area contributed by atoms with Crippen LogP contribution in [-0.2, 0) is 0 Å². The van der Waals surface area contributed by atoms with Crippen LogP contribution in [0.2, 0.25) is 0 Å². The molecule has 53 heavy (non-hydrogen) atoms. The molecule has 0 saturated carbocycles. The van der Waals surface area contributed by atoms with Gasteiger partial charge in [-0.2, -0.15) is 0 Å². The molecule has 0 fully saturated rings. The summed E-state index contributed by atoms with van der Waals surface area (Å²) in [4.78, 5) is 2.32. The molecule has 2 heterocycles. The molecule has 11 aromatic rings. The van der Waals surface area contributed by atoms with Gasteiger partial charge in [0.25, 0.3) is 0 Å². The van der Waals surface area contributed by atoms with Gasteiger partial charge in [-0.25, -0.2) is 0 Å². The number of aromatic nitrogens is 1. The Morgan fingerprint density at radius 2 is 1.00 bits per heavy atom. The lowest BCUT2D eigenvalue weighted by Gasteiger charge is -2.26. The molecule has 3 nitrogen and oxygen atoms in total. The molecule has 0 saturated heterocycles. The van der Waals surface area contributed by atoms with E-state index in [2.05, 4.69) is 191 Å². The number of furan rings is 1. The molecule has 0 radical (unpaired) electrons. The molecule has 3 heteroatoms. The minimum Gasteiger partial charge on any atom is -0.454 e. The lowest BCUT2D eigenvalue weighted by molar-refractivity contribution is 0.669. The Morgan fingerprint density at radius 3 is 1.81 bits per heavy atom. The van der Waals surface area contributed by atoms with Crippen molar-refractivity contribution in [3.05, 3.63) is 194 Å². The third-order valence-electron chi connectivity index (χ3n) is 10.8. The standard InChI is InChI=1S/C50H32N2O/c1-3-14-39-33(11-1)13-9-18-40(39)35-23-26-36(27-24-35)51(47-21-10-19-43-42-16-6-8-22-48(42)53-50(43)47)37-28-30-38(31-29-37)52-45-20-7-5-17-44(45)49-41-15-4-2-12-34(41)25-32-46(49)52/h1-32H. The maximum Gasteiger partial charge on any atom is 0.159 e. The van der Waals surface area contributed by atoms with Crippen LogP contribution in [0.1, 0.15) is 0 Å². The van der Waals surface area contributed by atoms with Crippen molar-refractivity contribution in [2.24, 2.45) is 0 Å². The van der Waals surface area contributed by atoms with Crippen LogP contribution in [0.3, 0.4) is 0 Å². The summed E-state index contributed by atoms with van der Waals surface area (Å²) in [6.07, 6.45) is 0. The highest BCUT2D eigenvalue weighted by atomic mass is 16.3. The molecule has 0 spiro atoms. The van der Waals surface area contributed by atoms with Crippen molar-refractivity contribution in [1.29, 1.82) is 0 Å². The topological polar surface area (TPSA) is 21.3 Å². The van der Waals surface area contributed by atoms with Crippen LogP contribution in [0.4, 0.5) is 17.1 Å². The van der Waals surface area contributed by atoms with Gasteiger partial charge in [0.05, 0.1) is 16.7 Å². The zero-order chi connectivity index (χ0) is 34.9. The highest BCUT2D eigenvalue weighted by Crippen LogP contribution is 2.44. The second-order valence-corrected chi connectivity index (χ2v) is 13.7. The highest BCUT2D eigenvalue weighted by molar-refractivity contribution is 6.21. The number of hydrogen-bond acceptors (Lipinski definition) is 2. The van der Waals surface area contributed by atoms with Gasteiger partial charge in [-0.05, 0) is 93.3 Å². The third-order valence-corrected chi connectivity index (χ3v) is 10.8. The summed E-state index contributed by atoms with van der Waals surface area (Å²) in [7, 11) is 0. The van der Waals surface area contributed by atoms with Crippen LogP contribution in [-0.4, -0.2) is 4.57 Å². The van der Waals surface area contributed by atoms with E-state index in [1.54, 1.807) is 0 Å². The Kier molecular flexibility index (Phi) is 6.55. The number of benzene rings is 9. The van der Waals surface area contributed by atoms with E-state index in [1.807, 2.05) is 12.1 Å². The number of nitrogens with zero attached hydrogens (tertiary/aromatic N) is 2. The van der Waals surface area contributed by atoms with Crippen LogP contribution in [0.5, 0.6) is 0 Å². The van der Waals surface area contributed by atoms with Gasteiger partial charge < -0.3 is 13.9 Å². The molecule has 0 atom stereocenters. The minimum atomic E-state index is 0.866. The maximum absolute atomic E-state index is 6.62. The van der Waals surface area contributed by atoms with E-state index in [-0.39, 0.29) is 0 Å². The SMILES string of the molecule is c1ccc2c(-c3ccc(N(c4ccc(-n5c6ccccc6c6c7ccccc7ccc65)cc4)c4cccc5c4oc4ccccc45)cc3)cccc2c1. The first-order valence-corrected chi connectivity index (χ1v) is 18.1. The molecule has 0 aliphatic rings. The van der Waals surface area contributed by atoms with E-state index in [0.29, 0.717) is 0 Å². The monoisotopic (exact) mass is 676 g/mol. The minimum absolute atomic E-state index is 0.866. The van der Waals surface area contributed by atoms with Crippen LogP contribution in [0, 0.1) is 0 Å². The van der Waals surface area contributed by atoms with Crippen molar-refractivity contribution in [3.63, 3.8) is 0 Å². The Balaban J connectivity index is 1.09. The van der Waals surface area contributed by atoms with Gasteiger partial charge in [-0.3, -0.25) is 0 Å². The molecule has 0 amide bonds. The van der Waals surface area contributed by atoms with Gasteiger partial charge in [0.15, 0.2) is 5.58 Å². The van der Waals surface area contributed by atoms with Crippen molar-refractivity contribution in [2.45, 2.75) is 0 Å². The molecular formula is C50H32N2O. The van der Waals surface area contributed by atoms with Gasteiger partial charge in [-0.1, -0.05) is 133 Å². The summed E-state index contributed by atoms with van der Waals surface area (Å²) in [5.74, 6) is 0. The van der Waals surface area contributed by atoms with Crippen LogP contribution in [0.15, 0.2) is 199 Å². The zero-order valence-electron chi connectivity index (χ0n) is 28.8. The lowest BCUT2D eigenvalue weighted by Crippen LogP contribution is -2.10. The number of anilines is 3. The maximum atomic E-state index is 6.62. The average molecular weight is 677 g/mol. The fraction of sp³-hybridized carbons (Fsp3) is 0. The van der Waals surface area contributed by atoms with Crippen LogP contribution >= 0.6 is 0 Å². The van der Waals surface area contributed by atoms with Crippen molar-refractivity contribution in [2.75, 3.05) is 4.90 Å². The van der Waals surface area contributed by atoms with Crippen LogP contribution < -0.4 is 4.90 Å². The summed E-state index contributed by atoms with van der Waals surface area (Å²) < 4.78 is 9.01. The fourth-order valence-electron chi connectivity index (χ4n) is 8.37. The number of rotatable bonds is 5. The first-order chi connectivity index (χ1) is 26.3. The predicted octanol–water partition coefficient (Wildman–Crippen LogP) is 14.1. The Bertz CT molecular complexity index is 3160. The summed E-state index contributed by atoms with van der Waals surface area (Å²) in [6.45, 7) is 0. The van der Waals surface area contributed by atoms with Crippen LogP contribution in [0.25, 0.3) is 82.1 Å².